The third-order valence-corrected chi connectivity index (χ3v) is 4.44. The molecular weight excluding hydrogens is 140 g/mol. The summed E-state index contributed by atoms with van der Waals surface area (Å²) in [7, 11) is -1.41. The van der Waals surface area contributed by atoms with Gasteiger partial charge in [-0.15, -0.1) is 0 Å². The SMILES string of the molecule is CCC[Si](C)(C)OCl. The summed E-state index contributed by atoms with van der Waals surface area (Å²) in [5, 5.41) is 0. The lowest BCUT2D eigenvalue weighted by molar-refractivity contribution is 0.606. The molecule has 0 aliphatic rings. The van der Waals surface area contributed by atoms with Crippen molar-refractivity contribution in [1.29, 1.82) is 0 Å². The number of hydrogen-bond donors (Lipinski definition) is 0. The Kier molecular flexibility index (Phi) is 3.69. The van der Waals surface area contributed by atoms with Crippen LogP contribution in [0.4, 0.5) is 0 Å². The molecule has 0 amide bonds. The predicted octanol–water partition coefficient (Wildman–Crippen LogP) is 2.77. The first-order chi connectivity index (χ1) is 3.62. The molecular formula is C5H13ClOSi. The van der Waals surface area contributed by atoms with Crippen LogP contribution < -0.4 is 0 Å². The summed E-state index contributed by atoms with van der Waals surface area (Å²) < 4.78 is 4.79. The van der Waals surface area contributed by atoms with Crippen LogP contribution in [0.25, 0.3) is 0 Å². The molecule has 0 N–H and O–H groups in total. The van der Waals surface area contributed by atoms with Crippen molar-refractivity contribution >= 4 is 20.2 Å². The summed E-state index contributed by atoms with van der Waals surface area (Å²) in [4.78, 5) is 0. The van der Waals surface area contributed by atoms with Crippen LogP contribution in [0.5, 0.6) is 0 Å². The van der Waals surface area contributed by atoms with Crippen molar-refractivity contribution in [2.24, 2.45) is 0 Å². The Balaban J connectivity index is 3.37. The molecule has 0 unspecified atom stereocenters. The Bertz CT molecular complexity index is 65.4. The predicted molar refractivity (Wildman–Crippen MR) is 39.5 cm³/mol. The van der Waals surface area contributed by atoms with Crippen molar-refractivity contribution in [2.75, 3.05) is 0 Å². The molecule has 1 nitrogen and oxygen atoms in total. The Morgan fingerprint density at radius 1 is 1.50 bits per heavy atom. The first kappa shape index (κ1) is 8.47. The quantitative estimate of drug-likeness (QED) is 0.566. The minimum atomic E-state index is -1.41. The maximum absolute atomic E-state index is 5.23. The van der Waals surface area contributed by atoms with Gasteiger partial charge in [0.25, 0.3) is 0 Å². The van der Waals surface area contributed by atoms with Gasteiger partial charge in [-0.3, -0.25) is 0 Å². The van der Waals surface area contributed by atoms with Crippen molar-refractivity contribution in [1.82, 2.24) is 0 Å². The molecule has 0 saturated carbocycles. The number of hydrogen-bond acceptors (Lipinski definition) is 1. The Morgan fingerprint density at radius 3 is 2.12 bits per heavy atom. The lowest BCUT2D eigenvalue weighted by atomic mass is 10.6. The molecule has 0 aliphatic carbocycles. The zero-order valence-corrected chi connectivity index (χ0v) is 7.46. The van der Waals surface area contributed by atoms with E-state index in [1.807, 2.05) is 0 Å². The molecule has 0 rings (SSSR count). The topological polar surface area (TPSA) is 9.23 Å². The third-order valence-electron chi connectivity index (χ3n) is 1.06. The normalized spacial score (nSPS) is 12.0. The van der Waals surface area contributed by atoms with Crippen LogP contribution in [-0.2, 0) is 3.98 Å². The average Bonchev–Trinajstić information content (AvgIpc) is 1.67. The maximum Gasteiger partial charge on any atom is 0.214 e. The van der Waals surface area contributed by atoms with Gasteiger partial charge in [0.2, 0.25) is 8.32 Å². The fourth-order valence-corrected chi connectivity index (χ4v) is 2.15. The van der Waals surface area contributed by atoms with Crippen LogP contribution in [-0.4, -0.2) is 8.32 Å². The van der Waals surface area contributed by atoms with Gasteiger partial charge in [0, 0.05) is 11.9 Å². The van der Waals surface area contributed by atoms with Crippen LogP contribution in [0.3, 0.4) is 0 Å². The molecule has 0 aromatic carbocycles. The van der Waals surface area contributed by atoms with Gasteiger partial charge in [-0.05, 0) is 19.1 Å². The molecule has 0 saturated heterocycles. The molecule has 50 valence electrons. The molecule has 0 aromatic rings. The van der Waals surface area contributed by atoms with Gasteiger partial charge in [-0.2, -0.15) is 0 Å². The molecule has 0 fully saturated rings. The number of rotatable bonds is 3. The first-order valence-corrected chi connectivity index (χ1v) is 6.34. The van der Waals surface area contributed by atoms with Gasteiger partial charge in [0.05, 0.1) is 0 Å². The molecule has 3 heteroatoms. The Hall–Kier alpha value is 0.467. The number of halogens is 1. The summed E-state index contributed by atoms with van der Waals surface area (Å²) in [5.74, 6) is 0. The summed E-state index contributed by atoms with van der Waals surface area (Å²) in [5.41, 5.74) is 0. The van der Waals surface area contributed by atoms with Crippen LogP contribution in [0.1, 0.15) is 13.3 Å². The summed E-state index contributed by atoms with van der Waals surface area (Å²) in [6.07, 6.45) is 1.17. The second-order valence-electron chi connectivity index (χ2n) is 2.59. The van der Waals surface area contributed by atoms with E-state index in [1.165, 1.54) is 6.42 Å². The second-order valence-corrected chi connectivity index (χ2v) is 7.22. The highest BCUT2D eigenvalue weighted by Crippen LogP contribution is 2.14. The highest BCUT2D eigenvalue weighted by molar-refractivity contribution is 6.74. The van der Waals surface area contributed by atoms with Crippen molar-refractivity contribution in [3.63, 3.8) is 0 Å². The smallest absolute Gasteiger partial charge is 0.214 e. The highest BCUT2D eigenvalue weighted by Gasteiger charge is 2.20. The molecule has 0 atom stereocenters. The van der Waals surface area contributed by atoms with Crippen molar-refractivity contribution in [3.8, 4) is 0 Å². The van der Waals surface area contributed by atoms with Gasteiger partial charge in [0.15, 0.2) is 0 Å². The van der Waals surface area contributed by atoms with E-state index in [4.69, 9.17) is 15.8 Å². The highest BCUT2D eigenvalue weighted by atomic mass is 35.5. The van der Waals surface area contributed by atoms with Crippen molar-refractivity contribution in [2.45, 2.75) is 32.5 Å². The fraction of sp³-hybridized carbons (Fsp3) is 1.00. The summed E-state index contributed by atoms with van der Waals surface area (Å²) in [6, 6.07) is 1.15. The Morgan fingerprint density at radius 2 is 2.00 bits per heavy atom. The van der Waals surface area contributed by atoms with Crippen molar-refractivity contribution in [3.05, 3.63) is 0 Å². The molecule has 0 spiro atoms. The van der Waals surface area contributed by atoms with Gasteiger partial charge >= 0.3 is 0 Å². The van der Waals surface area contributed by atoms with Crippen LogP contribution >= 0.6 is 11.9 Å². The van der Waals surface area contributed by atoms with E-state index >= 15 is 0 Å². The van der Waals surface area contributed by atoms with Gasteiger partial charge in [-0.1, -0.05) is 13.3 Å². The Labute approximate surface area is 57.3 Å². The fourth-order valence-electron chi connectivity index (χ4n) is 0.641. The van der Waals surface area contributed by atoms with Crippen LogP contribution in [0, 0.1) is 0 Å². The molecule has 0 bridgehead atoms. The van der Waals surface area contributed by atoms with Gasteiger partial charge in [-0.25, -0.2) is 0 Å². The van der Waals surface area contributed by atoms with E-state index in [2.05, 4.69) is 20.0 Å². The van der Waals surface area contributed by atoms with E-state index in [9.17, 15) is 0 Å². The van der Waals surface area contributed by atoms with Crippen molar-refractivity contribution < 1.29 is 3.98 Å². The minimum Gasteiger partial charge on any atom is -0.325 e. The van der Waals surface area contributed by atoms with Crippen LogP contribution in [0.15, 0.2) is 0 Å². The minimum absolute atomic E-state index is 1.15. The zero-order chi connectivity index (χ0) is 6.62. The van der Waals surface area contributed by atoms with Crippen LogP contribution in [0.2, 0.25) is 19.1 Å². The van der Waals surface area contributed by atoms with E-state index < -0.39 is 8.32 Å². The molecule has 0 heterocycles. The zero-order valence-electron chi connectivity index (χ0n) is 5.70. The van der Waals surface area contributed by atoms with E-state index in [1.54, 1.807) is 0 Å². The van der Waals surface area contributed by atoms with Gasteiger partial charge in [0.1, 0.15) is 0 Å². The first-order valence-electron chi connectivity index (χ1n) is 2.92. The van der Waals surface area contributed by atoms with E-state index in [0.717, 1.165) is 6.04 Å². The average molecular weight is 153 g/mol. The molecule has 8 heavy (non-hydrogen) atoms. The third kappa shape index (κ3) is 3.47. The lowest BCUT2D eigenvalue weighted by Crippen LogP contribution is -2.25. The molecule has 0 aromatic heterocycles. The monoisotopic (exact) mass is 152 g/mol. The largest absolute Gasteiger partial charge is 0.325 e. The molecule has 0 radical (unpaired) electrons. The second kappa shape index (κ2) is 3.48. The summed E-state index contributed by atoms with van der Waals surface area (Å²) >= 11 is 5.23. The standard InChI is InChI=1S/C5H13ClOSi/c1-4-5-8(2,3)7-6/h4-5H2,1-3H3. The van der Waals surface area contributed by atoms with E-state index in [-0.39, 0.29) is 0 Å². The molecule has 0 aliphatic heterocycles. The van der Waals surface area contributed by atoms with Gasteiger partial charge < -0.3 is 3.98 Å². The summed E-state index contributed by atoms with van der Waals surface area (Å²) in [6.45, 7) is 6.37. The maximum atomic E-state index is 5.23. The van der Waals surface area contributed by atoms with E-state index in [0.29, 0.717) is 0 Å². The lowest BCUT2D eigenvalue weighted by Gasteiger charge is -2.14.